The summed E-state index contributed by atoms with van der Waals surface area (Å²) in [6.45, 7) is 4.04. The molecule has 1 amide bonds. The summed E-state index contributed by atoms with van der Waals surface area (Å²) < 4.78 is 5.05. The van der Waals surface area contributed by atoms with Crippen molar-refractivity contribution in [2.45, 2.75) is 44.7 Å². The largest absolute Gasteiger partial charge is 0.465 e. The number of ether oxygens (including phenoxy) is 1. The van der Waals surface area contributed by atoms with E-state index in [1.54, 1.807) is 6.92 Å². The quantitative estimate of drug-likeness (QED) is 0.803. The van der Waals surface area contributed by atoms with Gasteiger partial charge in [0.25, 0.3) is 0 Å². The molecule has 0 radical (unpaired) electrons. The highest BCUT2D eigenvalue weighted by Crippen LogP contribution is 2.56. The fraction of sp³-hybridized carbons (Fsp3) is 0.391. The van der Waals surface area contributed by atoms with Gasteiger partial charge in [-0.15, -0.1) is 0 Å². The first-order valence-electron chi connectivity index (χ1n) is 9.98. The molecule has 2 aliphatic rings. The average molecular weight is 378 g/mol. The van der Waals surface area contributed by atoms with Crippen LogP contribution >= 0.6 is 0 Å². The van der Waals surface area contributed by atoms with Crippen LogP contribution in [0.25, 0.3) is 0 Å². The molecule has 2 aromatic carbocycles. The lowest BCUT2D eigenvalue weighted by Gasteiger charge is -2.32. The van der Waals surface area contributed by atoms with Crippen LogP contribution < -0.4 is 10.2 Å². The first-order valence-corrected chi connectivity index (χ1v) is 9.98. The Morgan fingerprint density at radius 3 is 2.61 bits per heavy atom. The first kappa shape index (κ1) is 18.7. The van der Waals surface area contributed by atoms with Gasteiger partial charge in [0.1, 0.15) is 0 Å². The number of hydrogen-bond donors (Lipinski definition) is 1. The minimum atomic E-state index is -0.232. The van der Waals surface area contributed by atoms with Gasteiger partial charge < -0.3 is 15.0 Å². The molecule has 0 aromatic heterocycles. The molecule has 3 unspecified atom stereocenters. The van der Waals surface area contributed by atoms with Gasteiger partial charge in [-0.2, -0.15) is 0 Å². The summed E-state index contributed by atoms with van der Waals surface area (Å²) in [7, 11) is 0. The summed E-state index contributed by atoms with van der Waals surface area (Å²) in [6.07, 6.45) is 1.89. The van der Waals surface area contributed by atoms with E-state index in [1.807, 2.05) is 42.2 Å². The van der Waals surface area contributed by atoms with Crippen molar-refractivity contribution in [1.82, 2.24) is 5.32 Å². The molecule has 3 atom stereocenters. The molecule has 146 valence electrons. The fourth-order valence-electron chi connectivity index (χ4n) is 4.81. The molecular weight excluding hydrogens is 352 g/mol. The van der Waals surface area contributed by atoms with Crippen LogP contribution in [0.5, 0.6) is 0 Å². The summed E-state index contributed by atoms with van der Waals surface area (Å²) in [6, 6.07) is 16.6. The van der Waals surface area contributed by atoms with Gasteiger partial charge in [-0.1, -0.05) is 42.5 Å². The number of esters is 1. The van der Waals surface area contributed by atoms with E-state index in [0.717, 1.165) is 18.5 Å². The summed E-state index contributed by atoms with van der Waals surface area (Å²) in [5.41, 5.74) is 4.62. The normalized spacial score (nSPS) is 22.6. The summed E-state index contributed by atoms with van der Waals surface area (Å²) in [4.78, 5) is 26.3. The SMILES string of the molecule is CCOC(=O)CNC1CCC2c3c1cccc3N(C(C)=O)C2c1ccccc1. The Labute approximate surface area is 165 Å². The molecule has 1 N–H and O–H groups in total. The van der Waals surface area contributed by atoms with Gasteiger partial charge in [0.2, 0.25) is 5.91 Å². The van der Waals surface area contributed by atoms with Gasteiger partial charge in [0, 0.05) is 24.6 Å². The van der Waals surface area contributed by atoms with Crippen LogP contribution in [0.1, 0.15) is 61.4 Å². The second-order valence-corrected chi connectivity index (χ2v) is 7.45. The van der Waals surface area contributed by atoms with E-state index in [9.17, 15) is 9.59 Å². The number of nitrogens with one attached hydrogen (secondary N) is 1. The van der Waals surface area contributed by atoms with Crippen LogP contribution in [-0.2, 0) is 14.3 Å². The second-order valence-electron chi connectivity index (χ2n) is 7.45. The van der Waals surface area contributed by atoms with E-state index in [1.165, 1.54) is 16.7 Å². The van der Waals surface area contributed by atoms with Gasteiger partial charge in [-0.25, -0.2) is 0 Å². The minimum absolute atomic E-state index is 0.0286. The zero-order valence-corrected chi connectivity index (χ0v) is 16.4. The van der Waals surface area contributed by atoms with Crippen LogP contribution in [0.15, 0.2) is 48.5 Å². The average Bonchev–Trinajstić information content (AvgIpc) is 3.05. The molecule has 0 fully saturated rings. The van der Waals surface area contributed by atoms with Crippen molar-refractivity contribution in [3.8, 4) is 0 Å². The molecule has 5 nitrogen and oxygen atoms in total. The van der Waals surface area contributed by atoms with Gasteiger partial charge in [0.15, 0.2) is 0 Å². The van der Waals surface area contributed by atoms with Crippen molar-refractivity contribution in [1.29, 1.82) is 0 Å². The molecule has 0 spiro atoms. The van der Waals surface area contributed by atoms with E-state index in [2.05, 4.69) is 23.5 Å². The summed E-state index contributed by atoms with van der Waals surface area (Å²) >= 11 is 0. The number of anilines is 1. The monoisotopic (exact) mass is 378 g/mol. The Hall–Kier alpha value is -2.66. The third-order valence-electron chi connectivity index (χ3n) is 5.83. The highest BCUT2D eigenvalue weighted by molar-refractivity contribution is 5.96. The molecule has 28 heavy (non-hydrogen) atoms. The standard InChI is InChI=1S/C23H26N2O3/c1-3-28-21(27)14-24-19-13-12-18-22-17(19)10-7-11-20(22)25(15(2)26)23(18)16-8-5-4-6-9-16/h4-11,18-19,23-24H,3,12-14H2,1-2H3. The molecule has 4 rings (SSSR count). The lowest BCUT2D eigenvalue weighted by molar-refractivity contribution is -0.142. The molecule has 1 aliphatic heterocycles. The van der Waals surface area contributed by atoms with Crippen LogP contribution in [0.3, 0.4) is 0 Å². The van der Waals surface area contributed by atoms with Gasteiger partial charge in [-0.3, -0.25) is 9.59 Å². The smallest absolute Gasteiger partial charge is 0.319 e. The van der Waals surface area contributed by atoms with E-state index in [0.29, 0.717) is 6.61 Å². The molecular formula is C23H26N2O3. The van der Waals surface area contributed by atoms with Gasteiger partial charge in [-0.05, 0) is 42.5 Å². The highest BCUT2D eigenvalue weighted by Gasteiger charge is 2.45. The number of benzene rings is 2. The number of rotatable bonds is 5. The van der Waals surface area contributed by atoms with Gasteiger partial charge in [0.05, 0.1) is 19.2 Å². The maximum absolute atomic E-state index is 12.6. The highest BCUT2D eigenvalue weighted by atomic mass is 16.5. The molecule has 0 saturated heterocycles. The Morgan fingerprint density at radius 1 is 1.11 bits per heavy atom. The fourth-order valence-corrected chi connectivity index (χ4v) is 4.81. The number of hydrogen-bond acceptors (Lipinski definition) is 4. The van der Waals surface area contributed by atoms with E-state index < -0.39 is 0 Å². The first-order chi connectivity index (χ1) is 13.6. The third kappa shape index (κ3) is 3.20. The lowest BCUT2D eigenvalue weighted by Crippen LogP contribution is -2.33. The number of carbonyl (C=O) groups excluding carboxylic acids is 2. The predicted molar refractivity (Wildman–Crippen MR) is 108 cm³/mol. The molecule has 2 aromatic rings. The maximum atomic E-state index is 12.6. The molecule has 0 bridgehead atoms. The number of nitrogens with zero attached hydrogens (tertiary/aromatic N) is 1. The zero-order valence-electron chi connectivity index (χ0n) is 16.4. The molecule has 1 aliphatic carbocycles. The predicted octanol–water partition coefficient (Wildman–Crippen LogP) is 3.87. The van der Waals surface area contributed by atoms with E-state index >= 15 is 0 Å². The van der Waals surface area contributed by atoms with Crippen LogP contribution in [-0.4, -0.2) is 25.0 Å². The van der Waals surface area contributed by atoms with E-state index in [-0.39, 0.29) is 36.4 Å². The molecule has 5 heteroatoms. The van der Waals surface area contributed by atoms with Crippen molar-refractivity contribution < 1.29 is 14.3 Å². The number of carbonyl (C=O) groups is 2. The van der Waals surface area contributed by atoms with Crippen LogP contribution in [0.2, 0.25) is 0 Å². The van der Waals surface area contributed by atoms with Crippen molar-refractivity contribution in [3.05, 3.63) is 65.2 Å². The maximum Gasteiger partial charge on any atom is 0.319 e. The summed E-state index contributed by atoms with van der Waals surface area (Å²) in [5.74, 6) is 0.107. The molecule has 1 heterocycles. The summed E-state index contributed by atoms with van der Waals surface area (Å²) in [5, 5.41) is 3.36. The zero-order chi connectivity index (χ0) is 19.7. The molecule has 0 saturated carbocycles. The Morgan fingerprint density at radius 2 is 1.89 bits per heavy atom. The lowest BCUT2D eigenvalue weighted by atomic mass is 9.77. The van der Waals surface area contributed by atoms with Crippen molar-refractivity contribution >= 4 is 17.6 Å². The van der Waals surface area contributed by atoms with Crippen LogP contribution in [0, 0.1) is 0 Å². The second kappa shape index (κ2) is 7.76. The van der Waals surface area contributed by atoms with Crippen molar-refractivity contribution in [2.75, 3.05) is 18.1 Å². The number of amides is 1. The van der Waals surface area contributed by atoms with Crippen molar-refractivity contribution in [2.24, 2.45) is 0 Å². The van der Waals surface area contributed by atoms with Gasteiger partial charge >= 0.3 is 5.97 Å². The Kier molecular flexibility index (Phi) is 5.18. The van der Waals surface area contributed by atoms with Crippen molar-refractivity contribution in [3.63, 3.8) is 0 Å². The Balaban J connectivity index is 1.70. The minimum Gasteiger partial charge on any atom is -0.465 e. The van der Waals surface area contributed by atoms with Crippen LogP contribution in [0.4, 0.5) is 5.69 Å². The Bertz CT molecular complexity index is 881. The van der Waals surface area contributed by atoms with E-state index in [4.69, 9.17) is 4.74 Å². The topological polar surface area (TPSA) is 58.6 Å². The third-order valence-corrected chi connectivity index (χ3v) is 5.83.